The first-order valence-electron chi connectivity index (χ1n) is 12.6. The highest BCUT2D eigenvalue weighted by Crippen LogP contribution is 2.36. The largest absolute Gasteiger partial charge is 0.493 e. The fourth-order valence-corrected chi connectivity index (χ4v) is 5.01. The third kappa shape index (κ3) is 4.58. The predicted molar refractivity (Wildman–Crippen MR) is 145 cm³/mol. The Morgan fingerprint density at radius 1 is 1.05 bits per heavy atom. The summed E-state index contributed by atoms with van der Waals surface area (Å²) in [5, 5.41) is 17.6. The van der Waals surface area contributed by atoms with E-state index in [4.69, 9.17) is 9.47 Å². The first-order chi connectivity index (χ1) is 18.0. The molecule has 0 saturated carbocycles. The van der Waals surface area contributed by atoms with E-state index >= 15 is 0 Å². The van der Waals surface area contributed by atoms with Gasteiger partial charge in [0, 0.05) is 34.6 Å². The van der Waals surface area contributed by atoms with Gasteiger partial charge >= 0.3 is 5.97 Å². The van der Waals surface area contributed by atoms with Crippen molar-refractivity contribution in [3.63, 3.8) is 0 Å². The van der Waals surface area contributed by atoms with E-state index in [1.807, 2.05) is 56.4 Å². The standard InChI is InChI=1S/C30H31N3O4/c1-4-36-30(35)29-23(15-9-17-37-26-16-7-11-20-10-5-6-12-21(20)26)22-13-8-14-24(28(22)31-29)27-19(2)33(3)32-25(27)18-34/h5-8,10-14,16,31,34H,4,9,15,17-18H2,1-3H3. The number of carbonyl (C=O) groups excluding carboxylic acids is 1. The Hall–Kier alpha value is -4.10. The number of benzene rings is 3. The maximum absolute atomic E-state index is 12.9. The van der Waals surface area contributed by atoms with Gasteiger partial charge < -0.3 is 19.6 Å². The van der Waals surface area contributed by atoms with Gasteiger partial charge in [0.1, 0.15) is 11.4 Å². The summed E-state index contributed by atoms with van der Waals surface area (Å²) in [5.41, 5.74) is 5.51. The van der Waals surface area contributed by atoms with E-state index in [0.717, 1.165) is 56.2 Å². The van der Waals surface area contributed by atoms with Gasteiger partial charge in [0.25, 0.3) is 0 Å². The Balaban J connectivity index is 1.47. The molecule has 0 fully saturated rings. The lowest BCUT2D eigenvalue weighted by Gasteiger charge is -2.10. The molecule has 3 aromatic carbocycles. The van der Waals surface area contributed by atoms with Crippen molar-refractivity contribution >= 4 is 27.6 Å². The number of carbonyl (C=O) groups is 1. The first-order valence-corrected chi connectivity index (χ1v) is 12.6. The lowest BCUT2D eigenvalue weighted by Crippen LogP contribution is -2.09. The summed E-state index contributed by atoms with van der Waals surface area (Å²) in [4.78, 5) is 16.3. The number of ether oxygens (including phenoxy) is 2. The number of rotatable bonds is 9. The molecule has 0 bridgehead atoms. The Kier molecular flexibility index (Phi) is 6.97. The number of esters is 1. The summed E-state index contributed by atoms with van der Waals surface area (Å²) in [7, 11) is 1.86. The number of aromatic amines is 1. The average molecular weight is 498 g/mol. The number of aromatic nitrogens is 3. The molecule has 5 aromatic rings. The van der Waals surface area contributed by atoms with Gasteiger partial charge in [0.05, 0.1) is 31.0 Å². The molecule has 7 heteroatoms. The minimum Gasteiger partial charge on any atom is -0.493 e. The topological polar surface area (TPSA) is 89.4 Å². The molecular weight excluding hydrogens is 466 g/mol. The third-order valence-corrected chi connectivity index (χ3v) is 6.82. The van der Waals surface area contributed by atoms with Crippen LogP contribution in [0.15, 0.2) is 60.7 Å². The van der Waals surface area contributed by atoms with Crippen LogP contribution in [-0.2, 0) is 24.8 Å². The zero-order valence-corrected chi connectivity index (χ0v) is 21.4. The number of H-pyrrole nitrogens is 1. The van der Waals surface area contributed by atoms with Crippen molar-refractivity contribution in [3.05, 3.63) is 83.3 Å². The summed E-state index contributed by atoms with van der Waals surface area (Å²) < 4.78 is 13.3. The number of hydrogen-bond donors (Lipinski definition) is 2. The van der Waals surface area contributed by atoms with Crippen molar-refractivity contribution in [2.24, 2.45) is 7.05 Å². The zero-order chi connectivity index (χ0) is 25.9. The highest BCUT2D eigenvalue weighted by Gasteiger charge is 2.23. The van der Waals surface area contributed by atoms with Crippen LogP contribution in [0.25, 0.3) is 32.8 Å². The minimum atomic E-state index is -0.375. The third-order valence-electron chi connectivity index (χ3n) is 6.82. The molecule has 0 unspecified atom stereocenters. The summed E-state index contributed by atoms with van der Waals surface area (Å²) in [6.45, 7) is 4.41. The Morgan fingerprint density at radius 2 is 1.81 bits per heavy atom. The first kappa shape index (κ1) is 24.6. The molecular formula is C30H31N3O4. The summed E-state index contributed by atoms with van der Waals surface area (Å²) >= 11 is 0. The number of aryl methyl sites for hydroxylation is 2. The van der Waals surface area contributed by atoms with E-state index < -0.39 is 0 Å². The molecule has 190 valence electrons. The minimum absolute atomic E-state index is 0.169. The molecule has 0 aliphatic heterocycles. The van der Waals surface area contributed by atoms with Crippen LogP contribution in [0.5, 0.6) is 5.75 Å². The highest BCUT2D eigenvalue weighted by atomic mass is 16.5. The van der Waals surface area contributed by atoms with Crippen LogP contribution in [0.1, 0.15) is 40.8 Å². The Morgan fingerprint density at radius 3 is 2.62 bits per heavy atom. The molecule has 0 atom stereocenters. The number of para-hydroxylation sites is 1. The van der Waals surface area contributed by atoms with Crippen LogP contribution in [0.4, 0.5) is 0 Å². The normalized spacial score (nSPS) is 11.4. The molecule has 2 N–H and O–H groups in total. The van der Waals surface area contributed by atoms with Crippen LogP contribution in [-0.4, -0.2) is 39.1 Å². The van der Waals surface area contributed by atoms with Crippen molar-refractivity contribution < 1.29 is 19.4 Å². The van der Waals surface area contributed by atoms with E-state index in [-0.39, 0.29) is 12.6 Å². The van der Waals surface area contributed by atoms with Crippen LogP contribution >= 0.6 is 0 Å². The van der Waals surface area contributed by atoms with Gasteiger partial charge in [-0.05, 0) is 43.7 Å². The number of nitrogens with zero attached hydrogens (tertiary/aromatic N) is 2. The van der Waals surface area contributed by atoms with Crippen molar-refractivity contribution in [2.75, 3.05) is 13.2 Å². The Labute approximate surface area is 215 Å². The van der Waals surface area contributed by atoms with Crippen LogP contribution in [0.2, 0.25) is 0 Å². The molecule has 0 amide bonds. The number of hydrogen-bond acceptors (Lipinski definition) is 5. The fourth-order valence-electron chi connectivity index (χ4n) is 5.01. The molecule has 2 heterocycles. The molecule has 0 saturated heterocycles. The Bertz CT molecular complexity index is 1580. The van der Waals surface area contributed by atoms with E-state index in [2.05, 4.69) is 28.3 Å². The predicted octanol–water partition coefficient (Wildman–Crippen LogP) is 5.71. The van der Waals surface area contributed by atoms with Crippen molar-refractivity contribution in [1.82, 2.24) is 14.8 Å². The lowest BCUT2D eigenvalue weighted by molar-refractivity contribution is 0.0519. The summed E-state index contributed by atoms with van der Waals surface area (Å²) in [5.74, 6) is 0.480. The van der Waals surface area contributed by atoms with Crippen molar-refractivity contribution in [1.29, 1.82) is 0 Å². The van der Waals surface area contributed by atoms with Gasteiger partial charge in [0.2, 0.25) is 0 Å². The monoisotopic (exact) mass is 497 g/mol. The van der Waals surface area contributed by atoms with Crippen LogP contribution in [0, 0.1) is 6.92 Å². The number of nitrogens with one attached hydrogen (secondary N) is 1. The van der Waals surface area contributed by atoms with Gasteiger partial charge in [-0.1, -0.05) is 54.6 Å². The smallest absolute Gasteiger partial charge is 0.355 e. The second-order valence-corrected chi connectivity index (χ2v) is 9.05. The second kappa shape index (κ2) is 10.5. The van der Waals surface area contributed by atoms with Gasteiger partial charge in [-0.3, -0.25) is 4.68 Å². The van der Waals surface area contributed by atoms with Gasteiger partial charge in [-0.25, -0.2) is 4.79 Å². The fraction of sp³-hybridized carbons (Fsp3) is 0.267. The molecule has 37 heavy (non-hydrogen) atoms. The molecule has 0 aliphatic carbocycles. The maximum atomic E-state index is 12.9. The van der Waals surface area contributed by atoms with Crippen LogP contribution < -0.4 is 4.74 Å². The van der Waals surface area contributed by atoms with Crippen LogP contribution in [0.3, 0.4) is 0 Å². The molecule has 2 aromatic heterocycles. The highest BCUT2D eigenvalue weighted by molar-refractivity contribution is 6.04. The van der Waals surface area contributed by atoms with Gasteiger partial charge in [0.15, 0.2) is 0 Å². The van der Waals surface area contributed by atoms with E-state index in [9.17, 15) is 9.90 Å². The molecule has 0 spiro atoms. The van der Waals surface area contributed by atoms with Gasteiger partial charge in [-0.2, -0.15) is 5.10 Å². The molecule has 7 nitrogen and oxygen atoms in total. The quantitative estimate of drug-likeness (QED) is 0.201. The van der Waals surface area contributed by atoms with E-state index in [0.29, 0.717) is 31.0 Å². The summed E-state index contributed by atoms with van der Waals surface area (Å²) in [6.07, 6.45) is 1.36. The lowest BCUT2D eigenvalue weighted by atomic mass is 9.98. The number of fused-ring (bicyclic) bond motifs is 2. The SMILES string of the molecule is CCOC(=O)c1[nH]c2c(-c3c(CO)nn(C)c3C)cccc2c1CCCOc1cccc2ccccc12. The van der Waals surface area contributed by atoms with E-state index in [1.54, 1.807) is 11.6 Å². The molecule has 5 rings (SSSR count). The number of aliphatic hydroxyl groups is 1. The van der Waals surface area contributed by atoms with E-state index in [1.165, 1.54) is 0 Å². The van der Waals surface area contributed by atoms with Gasteiger partial charge in [-0.15, -0.1) is 0 Å². The zero-order valence-electron chi connectivity index (χ0n) is 21.4. The number of aliphatic hydroxyl groups excluding tert-OH is 1. The second-order valence-electron chi connectivity index (χ2n) is 9.05. The van der Waals surface area contributed by atoms with Crippen molar-refractivity contribution in [2.45, 2.75) is 33.3 Å². The average Bonchev–Trinajstić information content (AvgIpc) is 3.43. The molecule has 0 aliphatic rings. The molecule has 0 radical (unpaired) electrons. The van der Waals surface area contributed by atoms with Crippen molar-refractivity contribution in [3.8, 4) is 16.9 Å². The maximum Gasteiger partial charge on any atom is 0.355 e. The summed E-state index contributed by atoms with van der Waals surface area (Å²) in [6, 6.07) is 20.2.